The molecule has 1 saturated heterocycles. The predicted molar refractivity (Wildman–Crippen MR) is 71.3 cm³/mol. The maximum Gasteiger partial charge on any atom is 0.223 e. The molecule has 1 saturated carbocycles. The van der Waals surface area contributed by atoms with E-state index >= 15 is 0 Å². The average molecular weight is 254 g/mol. The van der Waals surface area contributed by atoms with Crippen LogP contribution in [0.4, 0.5) is 0 Å². The molecule has 2 fully saturated rings. The van der Waals surface area contributed by atoms with E-state index in [0.717, 1.165) is 32.5 Å². The molecule has 1 aliphatic heterocycles. The molecule has 2 aliphatic rings. The first-order valence-electron chi connectivity index (χ1n) is 7.22. The van der Waals surface area contributed by atoms with Gasteiger partial charge in [0.15, 0.2) is 0 Å². The highest BCUT2D eigenvalue weighted by Gasteiger charge is 2.29. The molecule has 4 nitrogen and oxygen atoms in total. The molecule has 2 N–H and O–H groups in total. The zero-order valence-corrected chi connectivity index (χ0v) is 11.6. The lowest BCUT2D eigenvalue weighted by Gasteiger charge is -2.32. The summed E-state index contributed by atoms with van der Waals surface area (Å²) in [6.07, 6.45) is 5.08. The Hall–Kier alpha value is -0.610. The molecule has 1 amide bonds. The Labute approximate surface area is 110 Å². The molecule has 0 spiro atoms. The van der Waals surface area contributed by atoms with Gasteiger partial charge in [-0.05, 0) is 50.6 Å². The normalized spacial score (nSPS) is 30.6. The summed E-state index contributed by atoms with van der Waals surface area (Å²) in [5.74, 6) is 1.57. The van der Waals surface area contributed by atoms with E-state index in [-0.39, 0.29) is 11.8 Å². The van der Waals surface area contributed by atoms with Crippen molar-refractivity contribution in [3.05, 3.63) is 0 Å². The van der Waals surface area contributed by atoms with Crippen LogP contribution < -0.4 is 10.6 Å². The van der Waals surface area contributed by atoms with Gasteiger partial charge in [0.2, 0.25) is 5.91 Å². The number of methoxy groups -OCH3 is 1. The third kappa shape index (κ3) is 3.45. The highest BCUT2D eigenvalue weighted by atomic mass is 16.5. The number of hydrogen-bond acceptors (Lipinski definition) is 3. The quantitative estimate of drug-likeness (QED) is 0.774. The van der Waals surface area contributed by atoms with Crippen molar-refractivity contribution in [1.82, 2.24) is 10.6 Å². The van der Waals surface area contributed by atoms with E-state index in [0.29, 0.717) is 17.9 Å². The Morgan fingerprint density at radius 1 is 1.33 bits per heavy atom. The molecule has 0 aromatic heterocycles. The Balaban J connectivity index is 1.63. The molecule has 0 aromatic rings. The third-order valence-corrected chi connectivity index (χ3v) is 4.63. The summed E-state index contributed by atoms with van der Waals surface area (Å²) in [5.41, 5.74) is 0. The summed E-state index contributed by atoms with van der Waals surface area (Å²) in [6, 6.07) is 0. The zero-order valence-electron chi connectivity index (χ0n) is 11.6. The van der Waals surface area contributed by atoms with E-state index in [2.05, 4.69) is 10.6 Å². The van der Waals surface area contributed by atoms with Gasteiger partial charge in [0.25, 0.3) is 0 Å². The molecule has 0 aromatic carbocycles. The molecule has 104 valence electrons. The highest BCUT2D eigenvalue weighted by Crippen LogP contribution is 2.25. The maximum atomic E-state index is 12.0. The van der Waals surface area contributed by atoms with Crippen LogP contribution in [0.1, 0.15) is 32.6 Å². The number of carbonyl (C=O) groups is 1. The van der Waals surface area contributed by atoms with Crippen LogP contribution >= 0.6 is 0 Å². The van der Waals surface area contributed by atoms with Gasteiger partial charge >= 0.3 is 0 Å². The summed E-state index contributed by atoms with van der Waals surface area (Å²) in [7, 11) is 1.79. The van der Waals surface area contributed by atoms with Crippen molar-refractivity contribution in [3.63, 3.8) is 0 Å². The van der Waals surface area contributed by atoms with Gasteiger partial charge in [0.1, 0.15) is 0 Å². The van der Waals surface area contributed by atoms with E-state index in [1.54, 1.807) is 7.11 Å². The molecule has 1 aliphatic carbocycles. The van der Waals surface area contributed by atoms with Crippen molar-refractivity contribution in [1.29, 1.82) is 0 Å². The van der Waals surface area contributed by atoms with Crippen molar-refractivity contribution in [2.45, 2.75) is 38.7 Å². The van der Waals surface area contributed by atoms with Gasteiger partial charge in [0, 0.05) is 19.6 Å². The van der Waals surface area contributed by atoms with Crippen LogP contribution in [0, 0.1) is 17.8 Å². The summed E-state index contributed by atoms with van der Waals surface area (Å²) in [6.45, 7) is 4.88. The fourth-order valence-electron chi connectivity index (χ4n) is 2.86. The topological polar surface area (TPSA) is 50.4 Å². The number of hydrogen-bond donors (Lipinski definition) is 2. The predicted octanol–water partition coefficient (Wildman–Crippen LogP) is 1.16. The van der Waals surface area contributed by atoms with Crippen molar-refractivity contribution in [3.8, 4) is 0 Å². The first-order valence-corrected chi connectivity index (χ1v) is 7.22. The van der Waals surface area contributed by atoms with E-state index in [9.17, 15) is 4.79 Å². The Morgan fingerprint density at radius 2 is 2.00 bits per heavy atom. The SMILES string of the molecule is COC1CCC(CNC(=O)C(C)C2CNC2)CC1. The molecule has 4 heteroatoms. The first-order chi connectivity index (χ1) is 8.70. The highest BCUT2D eigenvalue weighted by molar-refractivity contribution is 5.78. The van der Waals surface area contributed by atoms with Gasteiger partial charge in [-0.15, -0.1) is 0 Å². The van der Waals surface area contributed by atoms with Gasteiger partial charge in [-0.3, -0.25) is 4.79 Å². The van der Waals surface area contributed by atoms with Crippen LogP contribution in [0.5, 0.6) is 0 Å². The Morgan fingerprint density at radius 3 is 2.50 bits per heavy atom. The minimum Gasteiger partial charge on any atom is -0.381 e. The second-order valence-electron chi connectivity index (χ2n) is 5.83. The maximum absolute atomic E-state index is 12.0. The number of amides is 1. The second-order valence-corrected chi connectivity index (χ2v) is 5.83. The van der Waals surface area contributed by atoms with Gasteiger partial charge in [-0.25, -0.2) is 0 Å². The number of carbonyl (C=O) groups excluding carboxylic acids is 1. The lowest BCUT2D eigenvalue weighted by atomic mass is 9.86. The van der Waals surface area contributed by atoms with E-state index in [4.69, 9.17) is 4.74 Å². The summed E-state index contributed by atoms with van der Waals surface area (Å²) < 4.78 is 5.36. The zero-order chi connectivity index (χ0) is 13.0. The molecule has 0 bridgehead atoms. The molecular weight excluding hydrogens is 228 g/mol. The number of rotatable bonds is 5. The van der Waals surface area contributed by atoms with Crippen molar-refractivity contribution < 1.29 is 9.53 Å². The fourth-order valence-corrected chi connectivity index (χ4v) is 2.86. The lowest BCUT2D eigenvalue weighted by molar-refractivity contribution is -0.127. The van der Waals surface area contributed by atoms with Crippen LogP contribution in [-0.2, 0) is 9.53 Å². The lowest BCUT2D eigenvalue weighted by Crippen LogP contribution is -2.50. The largest absolute Gasteiger partial charge is 0.381 e. The van der Waals surface area contributed by atoms with Gasteiger partial charge in [-0.2, -0.15) is 0 Å². The third-order valence-electron chi connectivity index (χ3n) is 4.63. The molecule has 18 heavy (non-hydrogen) atoms. The standard InChI is InChI=1S/C14H26N2O2/c1-10(12-8-15-9-12)14(17)16-7-11-3-5-13(18-2)6-4-11/h10-13,15H,3-9H2,1-2H3,(H,16,17). The molecule has 1 heterocycles. The van der Waals surface area contributed by atoms with Crippen LogP contribution in [-0.4, -0.2) is 38.8 Å². The molecule has 0 radical (unpaired) electrons. The smallest absolute Gasteiger partial charge is 0.223 e. The Kier molecular flexibility index (Phi) is 5.01. The van der Waals surface area contributed by atoms with Gasteiger partial charge < -0.3 is 15.4 Å². The van der Waals surface area contributed by atoms with Crippen LogP contribution in [0.25, 0.3) is 0 Å². The van der Waals surface area contributed by atoms with Crippen LogP contribution in [0.15, 0.2) is 0 Å². The Bertz CT molecular complexity index is 271. The molecular formula is C14H26N2O2. The van der Waals surface area contributed by atoms with Gasteiger partial charge in [-0.1, -0.05) is 6.92 Å². The van der Waals surface area contributed by atoms with Crippen molar-refractivity contribution in [2.75, 3.05) is 26.7 Å². The van der Waals surface area contributed by atoms with Crippen molar-refractivity contribution in [2.24, 2.45) is 17.8 Å². The molecule has 2 rings (SSSR count). The number of nitrogens with one attached hydrogen (secondary N) is 2. The van der Waals surface area contributed by atoms with Crippen molar-refractivity contribution >= 4 is 5.91 Å². The van der Waals surface area contributed by atoms with Gasteiger partial charge in [0.05, 0.1) is 6.10 Å². The minimum atomic E-state index is 0.154. The fraction of sp³-hybridized carbons (Fsp3) is 0.929. The van der Waals surface area contributed by atoms with E-state index in [1.807, 2.05) is 6.92 Å². The second kappa shape index (κ2) is 6.53. The monoisotopic (exact) mass is 254 g/mol. The molecule has 1 unspecified atom stereocenters. The summed E-state index contributed by atoms with van der Waals surface area (Å²) in [4.78, 5) is 12.0. The minimum absolute atomic E-state index is 0.154. The summed E-state index contributed by atoms with van der Waals surface area (Å²) in [5, 5.41) is 6.35. The average Bonchev–Trinajstić information content (AvgIpc) is 2.34. The van der Waals surface area contributed by atoms with Crippen LogP contribution in [0.2, 0.25) is 0 Å². The number of ether oxygens (including phenoxy) is 1. The first kappa shape index (κ1) is 13.8. The van der Waals surface area contributed by atoms with Crippen LogP contribution in [0.3, 0.4) is 0 Å². The molecule has 1 atom stereocenters. The van der Waals surface area contributed by atoms with E-state index in [1.165, 1.54) is 12.8 Å². The van der Waals surface area contributed by atoms with E-state index < -0.39 is 0 Å². The summed E-state index contributed by atoms with van der Waals surface area (Å²) >= 11 is 0.